The second-order valence-corrected chi connectivity index (χ2v) is 24.9. The molecule has 0 aromatic heterocycles. The van der Waals surface area contributed by atoms with Gasteiger partial charge in [-0.25, -0.2) is 0 Å². The van der Waals surface area contributed by atoms with Crippen LogP contribution in [0.3, 0.4) is 0 Å². The summed E-state index contributed by atoms with van der Waals surface area (Å²) in [5.41, 5.74) is 0. The second kappa shape index (κ2) is 69.4. The summed E-state index contributed by atoms with van der Waals surface area (Å²) < 4.78 is 17.0. The maximum Gasteiger partial charge on any atom is 0.306 e. The average Bonchev–Trinajstić information content (AvgIpc) is 3.46. The summed E-state index contributed by atoms with van der Waals surface area (Å²) in [6, 6.07) is 0. The number of hydrogen-bond acceptors (Lipinski definition) is 6. The number of hydrogen-bond donors (Lipinski definition) is 0. The number of carbonyl (C=O) groups is 3. The lowest BCUT2D eigenvalue weighted by molar-refractivity contribution is -0.167. The molecule has 472 valence electrons. The van der Waals surface area contributed by atoms with Crippen LogP contribution in [0.5, 0.6) is 0 Å². The van der Waals surface area contributed by atoms with E-state index in [1.165, 1.54) is 302 Å². The molecule has 0 aromatic rings. The molecule has 0 bridgehead atoms. The molecule has 0 fully saturated rings. The van der Waals surface area contributed by atoms with Crippen molar-refractivity contribution in [3.8, 4) is 0 Å². The lowest BCUT2D eigenvalue weighted by Gasteiger charge is -2.18. The zero-order valence-corrected chi connectivity index (χ0v) is 54.4. The Balaban J connectivity index is 4.29. The van der Waals surface area contributed by atoms with Crippen molar-refractivity contribution in [2.45, 2.75) is 419 Å². The Morgan fingerprint density at radius 3 is 0.700 bits per heavy atom. The fraction of sp³-hybridized carbons (Fsp3) is 0.905. The third-order valence-corrected chi connectivity index (χ3v) is 16.7. The highest BCUT2D eigenvalue weighted by molar-refractivity contribution is 5.71. The van der Waals surface area contributed by atoms with Crippen LogP contribution < -0.4 is 0 Å². The standard InChI is InChI=1S/C74H140O6/c1-4-7-10-13-16-19-22-25-28-31-34-36-37-39-40-43-46-49-52-55-58-61-64-67-73(76)79-70-71(69-78-72(75)66-63-60-57-54-51-48-45-42-33-30-27-24-21-18-15-12-9-6-3)80-74(77)68-65-62-59-56-53-50-47-44-41-38-35-32-29-26-23-20-17-14-11-8-5-2/h21,24,30,33,71H,4-20,22-23,25-29,31-32,34-70H2,1-3H3/b24-21-,33-30-. The monoisotopic (exact) mass is 1130 g/mol. The minimum atomic E-state index is -0.772. The molecule has 0 radical (unpaired) electrons. The van der Waals surface area contributed by atoms with Gasteiger partial charge in [-0.2, -0.15) is 0 Å². The van der Waals surface area contributed by atoms with E-state index in [-0.39, 0.29) is 31.1 Å². The van der Waals surface area contributed by atoms with Crippen LogP contribution in [0.15, 0.2) is 24.3 Å². The molecule has 0 saturated heterocycles. The van der Waals surface area contributed by atoms with Gasteiger partial charge in [0.15, 0.2) is 6.10 Å². The maximum absolute atomic E-state index is 13.0. The van der Waals surface area contributed by atoms with Crippen molar-refractivity contribution < 1.29 is 28.6 Å². The number of rotatable bonds is 68. The summed E-state index contributed by atoms with van der Waals surface area (Å²) in [6.07, 6.45) is 84.9. The normalized spacial score (nSPS) is 12.1. The molecule has 6 heteroatoms. The zero-order valence-electron chi connectivity index (χ0n) is 54.4. The Morgan fingerprint density at radius 2 is 0.450 bits per heavy atom. The lowest BCUT2D eigenvalue weighted by atomic mass is 10.0. The number of carbonyl (C=O) groups excluding carboxylic acids is 3. The minimum Gasteiger partial charge on any atom is -0.462 e. The van der Waals surface area contributed by atoms with Crippen molar-refractivity contribution in [1.29, 1.82) is 0 Å². The van der Waals surface area contributed by atoms with Gasteiger partial charge in [-0.15, -0.1) is 0 Å². The molecule has 0 rings (SSSR count). The van der Waals surface area contributed by atoms with Gasteiger partial charge in [0.25, 0.3) is 0 Å². The molecule has 6 nitrogen and oxygen atoms in total. The smallest absolute Gasteiger partial charge is 0.306 e. The molecule has 0 N–H and O–H groups in total. The maximum atomic E-state index is 13.0. The van der Waals surface area contributed by atoms with Crippen LogP contribution in [0, 0.1) is 0 Å². The first-order valence-corrected chi connectivity index (χ1v) is 36.3. The Bertz CT molecular complexity index is 1290. The molecule has 80 heavy (non-hydrogen) atoms. The zero-order chi connectivity index (χ0) is 57.8. The van der Waals surface area contributed by atoms with E-state index in [2.05, 4.69) is 45.1 Å². The third kappa shape index (κ3) is 66.7. The van der Waals surface area contributed by atoms with Crippen molar-refractivity contribution in [3.05, 3.63) is 24.3 Å². The highest BCUT2D eigenvalue weighted by Crippen LogP contribution is 2.19. The number of unbranched alkanes of at least 4 members (excludes halogenated alkanes) is 53. The number of allylic oxidation sites excluding steroid dienone is 4. The summed E-state index contributed by atoms with van der Waals surface area (Å²) in [5, 5.41) is 0. The van der Waals surface area contributed by atoms with Gasteiger partial charge in [0, 0.05) is 19.3 Å². The van der Waals surface area contributed by atoms with Crippen LogP contribution in [0.2, 0.25) is 0 Å². The van der Waals surface area contributed by atoms with Crippen molar-refractivity contribution in [3.63, 3.8) is 0 Å². The van der Waals surface area contributed by atoms with Crippen LogP contribution in [0.1, 0.15) is 412 Å². The first-order valence-electron chi connectivity index (χ1n) is 36.3. The van der Waals surface area contributed by atoms with Crippen LogP contribution in [-0.4, -0.2) is 37.2 Å². The van der Waals surface area contributed by atoms with E-state index in [1.807, 2.05) is 0 Å². The molecule has 0 aliphatic carbocycles. The summed E-state index contributed by atoms with van der Waals surface area (Å²) >= 11 is 0. The molecule has 0 saturated carbocycles. The molecule has 0 heterocycles. The topological polar surface area (TPSA) is 78.9 Å². The Morgan fingerprint density at radius 1 is 0.250 bits per heavy atom. The van der Waals surface area contributed by atoms with E-state index in [1.54, 1.807) is 0 Å². The number of esters is 3. The van der Waals surface area contributed by atoms with Gasteiger partial charge in [-0.1, -0.05) is 366 Å². The van der Waals surface area contributed by atoms with Gasteiger partial charge >= 0.3 is 17.9 Å². The summed E-state index contributed by atoms with van der Waals surface area (Å²) in [5.74, 6) is -0.839. The summed E-state index contributed by atoms with van der Waals surface area (Å²) in [6.45, 7) is 6.71. The van der Waals surface area contributed by atoms with E-state index in [4.69, 9.17) is 14.2 Å². The fourth-order valence-electron chi connectivity index (χ4n) is 11.2. The van der Waals surface area contributed by atoms with Crippen LogP contribution in [0.4, 0.5) is 0 Å². The van der Waals surface area contributed by atoms with Gasteiger partial charge in [-0.3, -0.25) is 14.4 Å². The average molecular weight is 1130 g/mol. The van der Waals surface area contributed by atoms with E-state index >= 15 is 0 Å². The van der Waals surface area contributed by atoms with Crippen molar-refractivity contribution in [1.82, 2.24) is 0 Å². The van der Waals surface area contributed by atoms with Gasteiger partial charge in [0.05, 0.1) is 0 Å². The second-order valence-electron chi connectivity index (χ2n) is 24.9. The molecule has 0 spiro atoms. The highest BCUT2D eigenvalue weighted by atomic mass is 16.6. The van der Waals surface area contributed by atoms with Crippen molar-refractivity contribution in [2.24, 2.45) is 0 Å². The van der Waals surface area contributed by atoms with E-state index in [0.29, 0.717) is 19.3 Å². The van der Waals surface area contributed by atoms with Gasteiger partial charge in [-0.05, 0) is 51.4 Å². The summed E-state index contributed by atoms with van der Waals surface area (Å²) in [4.78, 5) is 38.5. The molecule has 0 aromatic carbocycles. The van der Waals surface area contributed by atoms with Crippen LogP contribution in [-0.2, 0) is 28.6 Å². The molecule has 0 amide bonds. The SMILES string of the molecule is CCCCCC/C=C\C/C=C\CCCCCCCCCC(=O)OCC(COC(=O)CCCCCCCCCCCCCCCCCCCCCCCCC)OC(=O)CCCCCCCCCCCCCCCCCCCCCCC. The van der Waals surface area contributed by atoms with E-state index < -0.39 is 6.10 Å². The molecule has 1 unspecified atom stereocenters. The fourth-order valence-corrected chi connectivity index (χ4v) is 11.2. The Labute approximate surface area is 500 Å². The molecule has 0 aliphatic heterocycles. The Kier molecular flexibility index (Phi) is 67.6. The molecular formula is C74H140O6. The summed E-state index contributed by atoms with van der Waals surface area (Å²) in [7, 11) is 0. The van der Waals surface area contributed by atoms with E-state index in [0.717, 1.165) is 70.6 Å². The Hall–Kier alpha value is -2.11. The van der Waals surface area contributed by atoms with Gasteiger partial charge in [0.2, 0.25) is 0 Å². The highest BCUT2D eigenvalue weighted by Gasteiger charge is 2.19. The van der Waals surface area contributed by atoms with E-state index in [9.17, 15) is 14.4 Å². The van der Waals surface area contributed by atoms with Crippen molar-refractivity contribution >= 4 is 17.9 Å². The number of ether oxygens (including phenoxy) is 3. The van der Waals surface area contributed by atoms with Crippen molar-refractivity contribution in [2.75, 3.05) is 13.2 Å². The minimum absolute atomic E-state index is 0.0669. The molecular weight excluding hydrogens is 985 g/mol. The predicted molar refractivity (Wildman–Crippen MR) is 349 cm³/mol. The lowest BCUT2D eigenvalue weighted by Crippen LogP contribution is -2.30. The van der Waals surface area contributed by atoms with Crippen LogP contribution >= 0.6 is 0 Å². The quantitative estimate of drug-likeness (QED) is 0.0261. The molecule has 1 atom stereocenters. The predicted octanol–water partition coefficient (Wildman–Crippen LogP) is 25.0. The van der Waals surface area contributed by atoms with Crippen LogP contribution in [0.25, 0.3) is 0 Å². The largest absolute Gasteiger partial charge is 0.462 e. The first kappa shape index (κ1) is 77.9. The van der Waals surface area contributed by atoms with Gasteiger partial charge in [0.1, 0.15) is 13.2 Å². The third-order valence-electron chi connectivity index (χ3n) is 16.7. The first-order chi connectivity index (χ1) is 39.5. The molecule has 0 aliphatic rings. The van der Waals surface area contributed by atoms with Gasteiger partial charge < -0.3 is 14.2 Å².